The summed E-state index contributed by atoms with van der Waals surface area (Å²) in [4.78, 5) is 10.7. The molecule has 0 aliphatic carbocycles. The highest BCUT2D eigenvalue weighted by molar-refractivity contribution is 8.00. The van der Waals surface area contributed by atoms with Crippen LogP contribution >= 0.6 is 23.4 Å². The quantitative estimate of drug-likeness (QED) is 0.797. The van der Waals surface area contributed by atoms with E-state index in [4.69, 9.17) is 11.6 Å². The van der Waals surface area contributed by atoms with E-state index < -0.39 is 0 Å². The van der Waals surface area contributed by atoms with Crippen molar-refractivity contribution in [3.8, 4) is 0 Å². The molecule has 1 aliphatic heterocycles. The molecule has 0 radical (unpaired) electrons. The van der Waals surface area contributed by atoms with Gasteiger partial charge in [0.15, 0.2) is 0 Å². The number of nitrogens with zero attached hydrogens (tertiary/aromatic N) is 5. The van der Waals surface area contributed by atoms with E-state index in [9.17, 15) is 0 Å². The first kappa shape index (κ1) is 13.0. The van der Waals surface area contributed by atoms with Crippen molar-refractivity contribution >= 4 is 35.0 Å². The van der Waals surface area contributed by atoms with Gasteiger partial charge in [-0.15, -0.1) is 0 Å². The number of halogens is 1. The minimum atomic E-state index is 0.516. The molecule has 1 atom stereocenters. The van der Waals surface area contributed by atoms with Crippen molar-refractivity contribution in [1.29, 1.82) is 0 Å². The van der Waals surface area contributed by atoms with Crippen molar-refractivity contribution < 1.29 is 0 Å². The Labute approximate surface area is 121 Å². The van der Waals surface area contributed by atoms with E-state index in [2.05, 4.69) is 26.9 Å². The predicted octanol–water partition coefficient (Wildman–Crippen LogP) is 2.42. The highest BCUT2D eigenvalue weighted by Crippen LogP contribution is 2.30. The molecular weight excluding hydrogens is 282 g/mol. The summed E-state index contributed by atoms with van der Waals surface area (Å²) in [5.74, 6) is 2.73. The Balaban J connectivity index is 2.08. The normalized spacial score (nSPS) is 20.2. The van der Waals surface area contributed by atoms with Crippen molar-refractivity contribution in [2.24, 2.45) is 0 Å². The average Bonchev–Trinajstić information content (AvgIpc) is 2.87. The van der Waals surface area contributed by atoms with Crippen LogP contribution in [0.1, 0.15) is 18.9 Å². The van der Waals surface area contributed by atoms with E-state index in [1.807, 2.05) is 18.7 Å². The summed E-state index contributed by atoms with van der Waals surface area (Å²) in [6.07, 6.45) is 2.71. The Morgan fingerprint density at radius 3 is 3.16 bits per heavy atom. The van der Waals surface area contributed by atoms with Crippen molar-refractivity contribution in [1.82, 2.24) is 19.6 Å². The summed E-state index contributed by atoms with van der Waals surface area (Å²) in [6, 6.07) is 0. The second-order valence-corrected chi connectivity index (χ2v) is 6.44. The van der Waals surface area contributed by atoms with Crippen molar-refractivity contribution in [2.75, 3.05) is 23.7 Å². The second kappa shape index (κ2) is 5.17. The van der Waals surface area contributed by atoms with Crippen molar-refractivity contribution in [2.45, 2.75) is 25.5 Å². The minimum absolute atomic E-state index is 0.516. The van der Waals surface area contributed by atoms with Crippen LogP contribution in [0.5, 0.6) is 0 Å². The molecule has 1 fully saturated rings. The van der Waals surface area contributed by atoms with E-state index in [-0.39, 0.29) is 0 Å². The standard InChI is InChI=1S/C12H16ClN5S/c1-3-9-6-17(4-5-19-9)11-8(2)10(13)16-12-14-7-15-18(11)12/h7,9H,3-6H2,1-2H3. The molecule has 1 aliphatic rings. The first-order valence-electron chi connectivity index (χ1n) is 6.43. The zero-order valence-electron chi connectivity index (χ0n) is 11.0. The third-order valence-corrected chi connectivity index (χ3v) is 5.21. The molecule has 2 aromatic rings. The van der Waals surface area contributed by atoms with E-state index >= 15 is 0 Å². The summed E-state index contributed by atoms with van der Waals surface area (Å²) < 4.78 is 1.80. The molecule has 3 rings (SSSR count). The Morgan fingerprint density at radius 1 is 1.53 bits per heavy atom. The predicted molar refractivity (Wildman–Crippen MR) is 79.3 cm³/mol. The fraction of sp³-hybridized carbons (Fsp3) is 0.583. The topological polar surface area (TPSA) is 46.3 Å². The maximum Gasteiger partial charge on any atom is 0.255 e. The summed E-state index contributed by atoms with van der Waals surface area (Å²) in [5.41, 5.74) is 0.974. The Kier molecular flexibility index (Phi) is 3.54. The van der Waals surface area contributed by atoms with Gasteiger partial charge in [-0.25, -0.2) is 0 Å². The molecule has 102 valence electrons. The van der Waals surface area contributed by atoms with Gasteiger partial charge in [0, 0.05) is 29.7 Å². The average molecular weight is 298 g/mol. The van der Waals surface area contributed by atoms with E-state index in [0.717, 1.165) is 30.2 Å². The number of aromatic nitrogens is 4. The van der Waals surface area contributed by atoms with Crippen LogP contribution in [-0.2, 0) is 0 Å². The summed E-state index contributed by atoms with van der Waals surface area (Å²) in [7, 11) is 0. The maximum atomic E-state index is 6.22. The van der Waals surface area contributed by atoms with Gasteiger partial charge in [-0.1, -0.05) is 18.5 Å². The lowest BCUT2D eigenvalue weighted by Gasteiger charge is -2.34. The number of hydrogen-bond acceptors (Lipinski definition) is 5. The van der Waals surface area contributed by atoms with Crippen LogP contribution in [0.2, 0.25) is 5.15 Å². The zero-order valence-corrected chi connectivity index (χ0v) is 12.6. The van der Waals surface area contributed by atoms with Crippen LogP contribution in [0.15, 0.2) is 6.33 Å². The number of rotatable bonds is 2. The molecule has 1 unspecified atom stereocenters. The molecule has 0 N–H and O–H groups in total. The third-order valence-electron chi connectivity index (χ3n) is 3.47. The largest absolute Gasteiger partial charge is 0.354 e. The highest BCUT2D eigenvalue weighted by atomic mass is 35.5. The molecule has 0 amide bonds. The Bertz CT molecular complexity index is 599. The SMILES string of the molecule is CCC1CN(c2c(C)c(Cl)nc3ncnn23)CCS1. The van der Waals surface area contributed by atoms with Gasteiger partial charge in [0.05, 0.1) is 0 Å². The molecule has 0 saturated carbocycles. The highest BCUT2D eigenvalue weighted by Gasteiger charge is 2.24. The molecular formula is C12H16ClN5S. The lowest BCUT2D eigenvalue weighted by atomic mass is 10.2. The van der Waals surface area contributed by atoms with Gasteiger partial charge in [0.2, 0.25) is 0 Å². The molecule has 1 saturated heterocycles. The van der Waals surface area contributed by atoms with Gasteiger partial charge in [0.25, 0.3) is 5.78 Å². The fourth-order valence-corrected chi connectivity index (χ4v) is 3.75. The number of thioether (sulfide) groups is 1. The molecule has 0 bridgehead atoms. The van der Waals surface area contributed by atoms with Crippen LogP contribution in [0.25, 0.3) is 5.78 Å². The molecule has 0 spiro atoms. The Hall–Kier alpha value is -1.01. The second-order valence-electron chi connectivity index (χ2n) is 4.67. The molecule has 7 heteroatoms. The van der Waals surface area contributed by atoms with Crippen LogP contribution in [-0.4, -0.2) is 43.7 Å². The van der Waals surface area contributed by atoms with Crippen LogP contribution in [0.4, 0.5) is 5.82 Å². The van der Waals surface area contributed by atoms with Crippen LogP contribution < -0.4 is 4.90 Å². The smallest absolute Gasteiger partial charge is 0.255 e. The van der Waals surface area contributed by atoms with Gasteiger partial charge in [0.1, 0.15) is 17.3 Å². The summed E-state index contributed by atoms with van der Waals surface area (Å²) in [6.45, 7) is 6.27. The van der Waals surface area contributed by atoms with Gasteiger partial charge in [-0.3, -0.25) is 0 Å². The summed E-state index contributed by atoms with van der Waals surface area (Å²) >= 11 is 8.26. The van der Waals surface area contributed by atoms with Gasteiger partial charge in [-0.05, 0) is 13.3 Å². The number of hydrogen-bond donors (Lipinski definition) is 0. The lowest BCUT2D eigenvalue weighted by Crippen LogP contribution is -2.39. The van der Waals surface area contributed by atoms with E-state index in [1.165, 1.54) is 12.7 Å². The summed E-state index contributed by atoms with van der Waals surface area (Å²) in [5, 5.41) is 5.46. The van der Waals surface area contributed by atoms with Gasteiger partial charge < -0.3 is 4.90 Å². The lowest BCUT2D eigenvalue weighted by molar-refractivity contribution is 0.702. The first-order chi connectivity index (χ1) is 9.20. The van der Waals surface area contributed by atoms with E-state index in [0.29, 0.717) is 16.2 Å². The monoisotopic (exact) mass is 297 g/mol. The van der Waals surface area contributed by atoms with E-state index in [1.54, 1.807) is 4.52 Å². The number of fused-ring (bicyclic) bond motifs is 1. The molecule has 0 aromatic carbocycles. The zero-order chi connectivity index (χ0) is 13.4. The van der Waals surface area contributed by atoms with Crippen LogP contribution in [0, 0.1) is 6.92 Å². The molecule has 2 aromatic heterocycles. The number of anilines is 1. The van der Waals surface area contributed by atoms with Gasteiger partial charge in [-0.2, -0.15) is 31.3 Å². The van der Waals surface area contributed by atoms with Gasteiger partial charge >= 0.3 is 0 Å². The first-order valence-corrected chi connectivity index (χ1v) is 7.85. The van der Waals surface area contributed by atoms with Crippen LogP contribution in [0.3, 0.4) is 0 Å². The molecule has 19 heavy (non-hydrogen) atoms. The Morgan fingerprint density at radius 2 is 2.37 bits per heavy atom. The minimum Gasteiger partial charge on any atom is -0.354 e. The maximum absolute atomic E-state index is 6.22. The van der Waals surface area contributed by atoms with Crippen molar-refractivity contribution in [3.63, 3.8) is 0 Å². The van der Waals surface area contributed by atoms with Crippen molar-refractivity contribution in [3.05, 3.63) is 17.0 Å². The third kappa shape index (κ3) is 2.27. The fourth-order valence-electron chi connectivity index (χ4n) is 2.41. The molecule has 3 heterocycles. The molecule has 5 nitrogen and oxygen atoms in total.